The lowest BCUT2D eigenvalue weighted by Crippen LogP contribution is -3.15. The lowest BCUT2D eigenvalue weighted by molar-refractivity contribution is -0.899. The van der Waals surface area contributed by atoms with E-state index >= 15 is 0 Å². The van der Waals surface area contributed by atoms with Gasteiger partial charge in [0.2, 0.25) is 0 Å². The van der Waals surface area contributed by atoms with Gasteiger partial charge >= 0.3 is 6.98 Å². The number of rotatable bonds is 2. The molecule has 0 radical (unpaired) electrons. The Labute approximate surface area is 87.8 Å². The van der Waals surface area contributed by atoms with E-state index in [1.165, 1.54) is 0 Å². The summed E-state index contributed by atoms with van der Waals surface area (Å²) in [5.41, 5.74) is -0.0535. The quantitative estimate of drug-likeness (QED) is 0.677. The smallest absolute Gasteiger partial charge is 0.445 e. The van der Waals surface area contributed by atoms with Crippen LogP contribution in [0, 0.1) is 0 Å². The molecule has 1 spiro atoms. The molecule has 1 N–H and O–H groups in total. The molecule has 2 heterocycles. The predicted octanol–water partition coefficient (Wildman–Crippen LogP) is 0.601. The van der Waals surface area contributed by atoms with Crippen molar-refractivity contribution in [2.75, 3.05) is 26.1 Å². The largest absolute Gasteiger partial charge is 0.531 e. The van der Waals surface area contributed by atoms with Crippen LogP contribution in [0.2, 0.25) is 0 Å². The van der Waals surface area contributed by atoms with Crippen LogP contribution in [0.1, 0.15) is 25.7 Å². The summed E-state index contributed by atoms with van der Waals surface area (Å²) in [4.78, 5) is 0.684. The van der Waals surface area contributed by atoms with Crippen LogP contribution in [0.25, 0.3) is 0 Å². The third-order valence-electron chi connectivity index (χ3n) is 3.57. The minimum atomic E-state index is -4.64. The molecule has 0 aromatic carbocycles. The molecule has 0 aromatic heterocycles. The van der Waals surface area contributed by atoms with Gasteiger partial charge < -0.3 is 22.6 Å². The van der Waals surface area contributed by atoms with Gasteiger partial charge in [-0.25, -0.2) is 0 Å². The molecule has 2 rings (SSSR count). The number of hydrogen-bond donors (Lipinski definition) is 1. The van der Waals surface area contributed by atoms with Crippen LogP contribution in [0.15, 0.2) is 0 Å². The highest BCUT2D eigenvalue weighted by Gasteiger charge is 2.41. The van der Waals surface area contributed by atoms with Crippen LogP contribution in [0.3, 0.4) is 0 Å². The van der Waals surface area contributed by atoms with Gasteiger partial charge in [-0.1, -0.05) is 0 Å². The molecule has 0 aliphatic carbocycles. The number of quaternary nitrogens is 1. The summed E-state index contributed by atoms with van der Waals surface area (Å²) in [5.74, 6) is 0. The Morgan fingerprint density at radius 1 is 1.13 bits per heavy atom. The number of halogens is 3. The van der Waals surface area contributed by atoms with E-state index < -0.39 is 13.4 Å². The monoisotopic (exact) mass is 223 g/mol. The van der Waals surface area contributed by atoms with Crippen LogP contribution in [0.4, 0.5) is 12.9 Å². The molecule has 15 heavy (non-hydrogen) atoms. The lowest BCUT2D eigenvalue weighted by Gasteiger charge is -2.37. The number of hydrogen-bond acceptors (Lipinski definition) is 1. The van der Waals surface area contributed by atoms with Gasteiger partial charge in [-0.3, -0.25) is 0 Å². The van der Waals surface area contributed by atoms with Crippen molar-refractivity contribution >= 4 is 6.98 Å². The van der Waals surface area contributed by atoms with Gasteiger partial charge in [0, 0.05) is 19.4 Å². The summed E-state index contributed by atoms with van der Waals surface area (Å²) in [5, 5.41) is 0. The normalized spacial score (nSPS) is 37.4. The fourth-order valence-electron chi connectivity index (χ4n) is 2.74. The first-order valence-electron chi connectivity index (χ1n) is 5.68. The molecular formula is C9H17BF3NO. The van der Waals surface area contributed by atoms with E-state index in [2.05, 4.69) is 0 Å². The second kappa shape index (κ2) is 3.98. The standard InChI is InChI=1S/C9H16BF3NO/c11-10(12,13)8-14-5-3-9(4-6-14)2-1-7-15-9/h1-8H2/q-1/p+1. The fourth-order valence-corrected chi connectivity index (χ4v) is 2.74. The van der Waals surface area contributed by atoms with Gasteiger partial charge in [-0.2, -0.15) is 0 Å². The molecule has 2 fully saturated rings. The summed E-state index contributed by atoms with van der Waals surface area (Å²) < 4.78 is 42.3. The Bertz CT molecular complexity index is 218. The van der Waals surface area contributed by atoms with E-state index in [9.17, 15) is 12.9 Å². The molecule has 2 nitrogen and oxygen atoms in total. The molecule has 0 saturated carbocycles. The Morgan fingerprint density at radius 2 is 1.80 bits per heavy atom. The highest BCUT2D eigenvalue weighted by atomic mass is 19.4. The zero-order valence-electron chi connectivity index (χ0n) is 8.78. The van der Waals surface area contributed by atoms with Crippen molar-refractivity contribution in [2.45, 2.75) is 31.3 Å². The maximum atomic E-state index is 12.2. The molecule has 0 unspecified atom stereocenters. The minimum absolute atomic E-state index is 0.0535. The van der Waals surface area contributed by atoms with Crippen LogP contribution in [-0.2, 0) is 4.74 Å². The number of likely N-dealkylation sites (tertiary alicyclic amines) is 1. The van der Waals surface area contributed by atoms with Gasteiger partial charge in [0.1, 0.15) is 0 Å². The molecule has 88 valence electrons. The van der Waals surface area contributed by atoms with Crippen molar-refractivity contribution < 1.29 is 22.6 Å². The highest BCUT2D eigenvalue weighted by molar-refractivity contribution is 6.58. The van der Waals surface area contributed by atoms with Crippen LogP contribution < -0.4 is 4.90 Å². The van der Waals surface area contributed by atoms with Gasteiger partial charge in [0.25, 0.3) is 0 Å². The van der Waals surface area contributed by atoms with Crippen molar-refractivity contribution in [3.8, 4) is 0 Å². The van der Waals surface area contributed by atoms with E-state index in [4.69, 9.17) is 4.74 Å². The van der Waals surface area contributed by atoms with Gasteiger partial charge in [0.05, 0.1) is 25.1 Å². The van der Waals surface area contributed by atoms with E-state index in [0.29, 0.717) is 18.0 Å². The Morgan fingerprint density at radius 3 is 2.27 bits per heavy atom. The Kier molecular flexibility index (Phi) is 2.99. The first-order valence-corrected chi connectivity index (χ1v) is 5.68. The average Bonchev–Trinajstić information content (AvgIpc) is 2.56. The molecule has 2 saturated heterocycles. The minimum Gasteiger partial charge on any atom is -0.445 e. The first kappa shape index (κ1) is 11.3. The van der Waals surface area contributed by atoms with Gasteiger partial charge in [0.15, 0.2) is 0 Å². The lowest BCUT2D eigenvalue weighted by atomic mass is 9.85. The summed E-state index contributed by atoms with van der Waals surface area (Å²) in [6.07, 6.45) is 3.08. The third-order valence-corrected chi connectivity index (χ3v) is 3.57. The van der Waals surface area contributed by atoms with Crippen molar-refractivity contribution in [1.82, 2.24) is 0 Å². The molecule has 0 aromatic rings. The SMILES string of the molecule is F[B-](F)(F)C[NH+]1CCC2(CCCO2)CC1. The molecule has 0 amide bonds. The molecule has 0 bridgehead atoms. The summed E-state index contributed by atoms with van der Waals surface area (Å²) in [6.45, 7) is -2.62. The summed E-state index contributed by atoms with van der Waals surface area (Å²) in [6, 6.07) is 0. The number of piperidine rings is 1. The molecule has 0 atom stereocenters. The first-order chi connectivity index (χ1) is 6.99. The Hall–Kier alpha value is -0.225. The van der Waals surface area contributed by atoms with E-state index in [1.54, 1.807) is 0 Å². The van der Waals surface area contributed by atoms with Crippen LogP contribution in [-0.4, -0.2) is 38.7 Å². The van der Waals surface area contributed by atoms with Crippen molar-refractivity contribution in [2.24, 2.45) is 0 Å². The average molecular weight is 223 g/mol. The van der Waals surface area contributed by atoms with E-state index in [1.807, 2.05) is 0 Å². The highest BCUT2D eigenvalue weighted by Crippen LogP contribution is 2.32. The molecular weight excluding hydrogens is 206 g/mol. The van der Waals surface area contributed by atoms with Crippen molar-refractivity contribution in [3.05, 3.63) is 0 Å². The maximum Gasteiger partial charge on any atom is 0.531 e. The summed E-state index contributed by atoms with van der Waals surface area (Å²) in [7, 11) is 0. The fraction of sp³-hybridized carbons (Fsp3) is 1.00. The van der Waals surface area contributed by atoms with Gasteiger partial charge in [-0.15, -0.1) is 0 Å². The number of ether oxygens (including phenoxy) is 1. The van der Waals surface area contributed by atoms with Crippen molar-refractivity contribution in [3.63, 3.8) is 0 Å². The molecule has 2 aliphatic rings. The zero-order valence-corrected chi connectivity index (χ0v) is 8.78. The maximum absolute atomic E-state index is 12.2. The zero-order chi connectivity index (χ0) is 10.9. The summed E-state index contributed by atoms with van der Waals surface area (Å²) >= 11 is 0. The van der Waals surface area contributed by atoms with Crippen LogP contribution in [0.5, 0.6) is 0 Å². The van der Waals surface area contributed by atoms with Crippen LogP contribution >= 0.6 is 0 Å². The Balaban J connectivity index is 1.81. The number of nitrogens with one attached hydrogen (secondary N) is 1. The predicted molar refractivity (Wildman–Crippen MR) is 51.8 cm³/mol. The van der Waals surface area contributed by atoms with Crippen molar-refractivity contribution in [1.29, 1.82) is 0 Å². The van der Waals surface area contributed by atoms with E-state index in [-0.39, 0.29) is 5.60 Å². The topological polar surface area (TPSA) is 13.7 Å². The van der Waals surface area contributed by atoms with Gasteiger partial charge in [-0.05, 0) is 12.8 Å². The second-order valence-electron chi connectivity index (χ2n) is 4.80. The third kappa shape index (κ3) is 2.87. The molecule has 2 aliphatic heterocycles. The second-order valence-corrected chi connectivity index (χ2v) is 4.80. The van der Waals surface area contributed by atoms with E-state index in [0.717, 1.165) is 32.3 Å². The molecule has 6 heteroatoms.